The fourth-order valence-corrected chi connectivity index (χ4v) is 3.26. The third-order valence-corrected chi connectivity index (χ3v) is 4.59. The molecule has 0 bridgehead atoms. The van der Waals surface area contributed by atoms with Crippen molar-refractivity contribution in [2.45, 2.75) is 52.3 Å². The van der Waals surface area contributed by atoms with E-state index in [1.165, 1.54) is 0 Å². The van der Waals surface area contributed by atoms with Gasteiger partial charge in [-0.2, -0.15) is 0 Å². The number of aromatic nitrogens is 1. The van der Waals surface area contributed by atoms with Gasteiger partial charge in [0.05, 0.1) is 6.04 Å². The topological polar surface area (TPSA) is 45.7 Å². The number of hydrogen-bond donors (Lipinski definition) is 0. The highest BCUT2D eigenvalue weighted by Crippen LogP contribution is 2.25. The zero-order valence-electron chi connectivity index (χ0n) is 13.5. The molecule has 1 saturated heterocycles. The molecule has 1 fully saturated rings. The van der Waals surface area contributed by atoms with Crippen LogP contribution in [-0.4, -0.2) is 52.2 Å². The molecule has 1 aromatic rings. The fraction of sp³-hybridized carbons (Fsp3) is 0.733. The van der Waals surface area contributed by atoms with Gasteiger partial charge >= 0.3 is 6.09 Å². The summed E-state index contributed by atoms with van der Waals surface area (Å²) in [5.74, 6) is 0. The Bertz CT molecular complexity index is 470. The quantitative estimate of drug-likeness (QED) is 0.842. The van der Waals surface area contributed by atoms with Gasteiger partial charge in [0.1, 0.15) is 10.6 Å². The minimum absolute atomic E-state index is 0.149. The van der Waals surface area contributed by atoms with E-state index >= 15 is 0 Å². The van der Waals surface area contributed by atoms with Crippen LogP contribution in [0, 0.1) is 0 Å². The molecule has 0 spiro atoms. The van der Waals surface area contributed by atoms with Gasteiger partial charge in [-0.3, -0.25) is 4.90 Å². The minimum Gasteiger partial charge on any atom is -0.444 e. The van der Waals surface area contributed by atoms with E-state index < -0.39 is 5.60 Å². The van der Waals surface area contributed by atoms with Crippen molar-refractivity contribution in [2.75, 3.05) is 19.6 Å². The van der Waals surface area contributed by atoms with E-state index in [1.54, 1.807) is 11.3 Å². The average Bonchev–Trinajstić information content (AvgIpc) is 2.89. The van der Waals surface area contributed by atoms with Crippen molar-refractivity contribution in [3.8, 4) is 0 Å². The Balaban J connectivity index is 1.94. The van der Waals surface area contributed by atoms with Crippen LogP contribution in [0.25, 0.3) is 0 Å². The van der Waals surface area contributed by atoms with Crippen molar-refractivity contribution in [1.29, 1.82) is 0 Å². The summed E-state index contributed by atoms with van der Waals surface area (Å²) >= 11 is 1.68. The first-order valence-electron chi connectivity index (χ1n) is 7.41. The monoisotopic (exact) mass is 311 g/mol. The van der Waals surface area contributed by atoms with Crippen molar-refractivity contribution in [1.82, 2.24) is 14.8 Å². The molecule has 118 valence electrons. The number of amides is 1. The predicted molar refractivity (Wildman–Crippen MR) is 84.5 cm³/mol. The molecule has 1 aliphatic rings. The van der Waals surface area contributed by atoms with Crippen LogP contribution in [-0.2, 0) is 4.74 Å². The molecule has 2 rings (SSSR count). The molecule has 1 amide bonds. The van der Waals surface area contributed by atoms with Gasteiger partial charge in [0, 0.05) is 37.3 Å². The molecule has 0 saturated carbocycles. The summed E-state index contributed by atoms with van der Waals surface area (Å²) in [5.41, 5.74) is -0.442. The van der Waals surface area contributed by atoms with Crippen LogP contribution in [0.5, 0.6) is 0 Å². The highest BCUT2D eigenvalue weighted by molar-refractivity contribution is 7.09. The average molecular weight is 311 g/mol. The van der Waals surface area contributed by atoms with E-state index in [0.29, 0.717) is 12.6 Å². The first kappa shape index (κ1) is 16.2. The standard InChI is InChI=1S/C15H25N3O2S/c1-11-10-17(12(2)13-16-6-9-21-13)7-8-18(11)14(19)20-15(3,4)5/h6,9,11-12H,7-8,10H2,1-5H3/t11-,12+/m1/s1. The molecule has 0 N–H and O–H groups in total. The van der Waals surface area contributed by atoms with Gasteiger partial charge in [0.2, 0.25) is 0 Å². The summed E-state index contributed by atoms with van der Waals surface area (Å²) in [6.07, 6.45) is 1.63. The zero-order chi connectivity index (χ0) is 15.6. The van der Waals surface area contributed by atoms with Crippen LogP contribution in [0.1, 0.15) is 45.7 Å². The first-order valence-corrected chi connectivity index (χ1v) is 8.29. The molecular weight excluding hydrogens is 286 g/mol. The Labute approximate surface area is 130 Å². The molecule has 2 heterocycles. The fourth-order valence-electron chi connectivity index (χ4n) is 2.53. The number of piperazine rings is 1. The second-order valence-electron chi connectivity index (χ2n) is 6.56. The molecule has 5 nitrogen and oxygen atoms in total. The van der Waals surface area contributed by atoms with Crippen molar-refractivity contribution in [3.63, 3.8) is 0 Å². The van der Waals surface area contributed by atoms with E-state index in [4.69, 9.17) is 4.74 Å². The number of carbonyl (C=O) groups excluding carboxylic acids is 1. The van der Waals surface area contributed by atoms with E-state index in [9.17, 15) is 4.79 Å². The molecule has 21 heavy (non-hydrogen) atoms. The summed E-state index contributed by atoms with van der Waals surface area (Å²) in [7, 11) is 0. The second kappa shape index (κ2) is 6.32. The lowest BCUT2D eigenvalue weighted by Gasteiger charge is -2.42. The van der Waals surface area contributed by atoms with Crippen LogP contribution in [0.15, 0.2) is 11.6 Å². The summed E-state index contributed by atoms with van der Waals surface area (Å²) < 4.78 is 5.47. The SMILES string of the molecule is C[C@@H]1CN([C@@H](C)c2nccs2)CCN1C(=O)OC(C)(C)C. The lowest BCUT2D eigenvalue weighted by atomic mass is 10.1. The van der Waals surface area contributed by atoms with Crippen molar-refractivity contribution in [3.05, 3.63) is 16.6 Å². The maximum atomic E-state index is 12.2. The molecule has 1 aliphatic heterocycles. The maximum Gasteiger partial charge on any atom is 0.410 e. The number of nitrogens with zero attached hydrogens (tertiary/aromatic N) is 3. The summed E-state index contributed by atoms with van der Waals surface area (Å²) in [6.45, 7) is 12.3. The van der Waals surface area contributed by atoms with Gasteiger partial charge < -0.3 is 9.64 Å². The number of ether oxygens (including phenoxy) is 1. The van der Waals surface area contributed by atoms with E-state index in [1.807, 2.05) is 37.2 Å². The lowest BCUT2D eigenvalue weighted by Crippen LogP contribution is -2.55. The normalized spacial score (nSPS) is 22.1. The molecule has 0 aliphatic carbocycles. The largest absolute Gasteiger partial charge is 0.444 e. The molecular formula is C15H25N3O2S. The first-order chi connectivity index (χ1) is 9.78. The summed E-state index contributed by atoms with van der Waals surface area (Å²) in [5, 5.41) is 3.14. The highest BCUT2D eigenvalue weighted by Gasteiger charge is 2.33. The van der Waals surface area contributed by atoms with Crippen LogP contribution in [0.2, 0.25) is 0 Å². The molecule has 0 radical (unpaired) electrons. The molecule has 0 aromatic carbocycles. The van der Waals surface area contributed by atoms with E-state index in [0.717, 1.165) is 18.1 Å². The third kappa shape index (κ3) is 4.17. The van der Waals surface area contributed by atoms with Gasteiger partial charge in [-0.1, -0.05) is 0 Å². The Morgan fingerprint density at radius 1 is 1.48 bits per heavy atom. The molecule has 6 heteroatoms. The predicted octanol–water partition coefficient (Wildman–Crippen LogP) is 3.15. The van der Waals surface area contributed by atoms with Crippen LogP contribution in [0.3, 0.4) is 0 Å². The summed E-state index contributed by atoms with van der Waals surface area (Å²) in [6, 6.07) is 0.448. The van der Waals surface area contributed by atoms with Gasteiger partial charge in [-0.15, -0.1) is 11.3 Å². The second-order valence-corrected chi connectivity index (χ2v) is 7.49. The zero-order valence-corrected chi connectivity index (χ0v) is 14.3. The van der Waals surface area contributed by atoms with Crippen molar-refractivity contribution >= 4 is 17.4 Å². The number of rotatable bonds is 2. The van der Waals surface area contributed by atoms with Gasteiger partial charge in [0.15, 0.2) is 0 Å². The highest BCUT2D eigenvalue weighted by atomic mass is 32.1. The molecule has 2 atom stereocenters. The Hall–Kier alpha value is -1.14. The Kier molecular flexibility index (Phi) is 4.88. The third-order valence-electron chi connectivity index (χ3n) is 3.64. The van der Waals surface area contributed by atoms with E-state index in [2.05, 4.69) is 23.7 Å². The molecule has 1 aromatic heterocycles. The number of thiazole rings is 1. The summed E-state index contributed by atoms with van der Waals surface area (Å²) in [4.78, 5) is 20.8. The van der Waals surface area contributed by atoms with Crippen molar-refractivity contribution < 1.29 is 9.53 Å². The van der Waals surface area contributed by atoms with Gasteiger partial charge in [0.25, 0.3) is 0 Å². The van der Waals surface area contributed by atoms with Gasteiger partial charge in [-0.05, 0) is 34.6 Å². The van der Waals surface area contributed by atoms with Crippen LogP contribution in [0.4, 0.5) is 4.79 Å². The van der Waals surface area contributed by atoms with E-state index in [-0.39, 0.29) is 12.1 Å². The van der Waals surface area contributed by atoms with Gasteiger partial charge in [-0.25, -0.2) is 9.78 Å². The van der Waals surface area contributed by atoms with Crippen LogP contribution >= 0.6 is 11.3 Å². The molecule has 0 unspecified atom stereocenters. The number of carbonyl (C=O) groups is 1. The van der Waals surface area contributed by atoms with Crippen LogP contribution < -0.4 is 0 Å². The maximum absolute atomic E-state index is 12.2. The number of hydrogen-bond acceptors (Lipinski definition) is 5. The minimum atomic E-state index is -0.442. The Morgan fingerprint density at radius 3 is 2.71 bits per heavy atom. The smallest absolute Gasteiger partial charge is 0.410 e. The Morgan fingerprint density at radius 2 is 2.19 bits per heavy atom. The lowest BCUT2D eigenvalue weighted by molar-refractivity contribution is -0.00349. The van der Waals surface area contributed by atoms with Crippen molar-refractivity contribution in [2.24, 2.45) is 0 Å².